The average Bonchev–Trinajstić information content (AvgIpc) is 2.41. The molecule has 0 saturated carbocycles. The number of halogens is 1. The van der Waals surface area contributed by atoms with E-state index in [0.29, 0.717) is 21.9 Å². The van der Waals surface area contributed by atoms with Crippen LogP contribution in [0.25, 0.3) is 0 Å². The Morgan fingerprint density at radius 3 is 2.68 bits per heavy atom. The predicted octanol–water partition coefficient (Wildman–Crippen LogP) is 2.72. The molecule has 100 valence electrons. The first kappa shape index (κ1) is 13.5. The van der Waals surface area contributed by atoms with E-state index in [1.165, 1.54) is 13.2 Å². The van der Waals surface area contributed by atoms with Crippen LogP contribution in [0.2, 0.25) is 0 Å². The summed E-state index contributed by atoms with van der Waals surface area (Å²) in [4.78, 5) is 0.514. The van der Waals surface area contributed by atoms with Gasteiger partial charge in [-0.05, 0) is 18.2 Å². The predicted molar refractivity (Wildman–Crippen MR) is 73.9 cm³/mol. The quantitative estimate of drug-likeness (QED) is 0.875. The summed E-state index contributed by atoms with van der Waals surface area (Å²) >= 11 is 0. The molecule has 0 amide bonds. The smallest absolute Gasteiger partial charge is 0.137 e. The zero-order valence-electron chi connectivity index (χ0n) is 10.4. The van der Waals surface area contributed by atoms with Crippen molar-refractivity contribution in [3.05, 3.63) is 53.8 Å². The molecule has 1 atom stereocenters. The van der Waals surface area contributed by atoms with Crippen molar-refractivity contribution in [1.29, 1.82) is 0 Å². The van der Waals surface area contributed by atoms with Crippen LogP contribution in [0.15, 0.2) is 47.4 Å². The first-order valence-electron chi connectivity index (χ1n) is 5.67. The molecule has 2 N–H and O–H groups in total. The van der Waals surface area contributed by atoms with Crippen molar-refractivity contribution in [3.63, 3.8) is 0 Å². The normalized spacial score (nSPS) is 12.1. The molecule has 5 heteroatoms. The van der Waals surface area contributed by atoms with E-state index in [4.69, 9.17) is 10.5 Å². The van der Waals surface area contributed by atoms with Crippen molar-refractivity contribution in [1.82, 2.24) is 0 Å². The van der Waals surface area contributed by atoms with Crippen LogP contribution in [-0.4, -0.2) is 11.3 Å². The van der Waals surface area contributed by atoms with E-state index >= 15 is 0 Å². The van der Waals surface area contributed by atoms with Crippen molar-refractivity contribution < 1.29 is 13.3 Å². The van der Waals surface area contributed by atoms with Gasteiger partial charge in [-0.15, -0.1) is 0 Å². The van der Waals surface area contributed by atoms with Gasteiger partial charge in [0.15, 0.2) is 0 Å². The fraction of sp³-hybridized carbons (Fsp3) is 0.143. The van der Waals surface area contributed by atoms with Gasteiger partial charge in [0.2, 0.25) is 0 Å². The van der Waals surface area contributed by atoms with Crippen LogP contribution < -0.4 is 10.5 Å². The highest BCUT2D eigenvalue weighted by atomic mass is 32.2. The summed E-state index contributed by atoms with van der Waals surface area (Å²) in [5.41, 5.74) is 6.59. The minimum atomic E-state index is -1.38. The van der Waals surface area contributed by atoms with Crippen LogP contribution in [0.5, 0.6) is 5.75 Å². The fourth-order valence-electron chi connectivity index (χ4n) is 1.71. The van der Waals surface area contributed by atoms with Gasteiger partial charge in [-0.3, -0.25) is 4.21 Å². The lowest BCUT2D eigenvalue weighted by molar-refractivity contribution is 0.404. The molecule has 0 aliphatic rings. The first-order valence-corrected chi connectivity index (χ1v) is 6.99. The van der Waals surface area contributed by atoms with Gasteiger partial charge in [0.05, 0.1) is 28.6 Å². The summed E-state index contributed by atoms with van der Waals surface area (Å²) in [6.07, 6.45) is 0. The van der Waals surface area contributed by atoms with Gasteiger partial charge in [-0.25, -0.2) is 4.39 Å². The molecular weight excluding hydrogens is 265 g/mol. The van der Waals surface area contributed by atoms with E-state index < -0.39 is 10.8 Å². The Hall–Kier alpha value is -1.88. The lowest BCUT2D eigenvalue weighted by Crippen LogP contribution is -2.02. The van der Waals surface area contributed by atoms with Crippen LogP contribution in [-0.2, 0) is 16.6 Å². The Morgan fingerprint density at radius 1 is 1.26 bits per heavy atom. The van der Waals surface area contributed by atoms with Crippen molar-refractivity contribution >= 4 is 16.5 Å². The minimum Gasteiger partial charge on any atom is -0.495 e. The van der Waals surface area contributed by atoms with Gasteiger partial charge < -0.3 is 10.5 Å². The molecule has 0 aromatic heterocycles. The zero-order valence-corrected chi connectivity index (χ0v) is 11.2. The molecule has 0 saturated heterocycles. The van der Waals surface area contributed by atoms with Gasteiger partial charge in [0.25, 0.3) is 0 Å². The molecule has 0 aliphatic carbocycles. The Balaban J connectivity index is 2.28. The SMILES string of the molecule is COc1cc(N)ccc1S(=O)Cc1ccccc1F. The maximum Gasteiger partial charge on any atom is 0.137 e. The highest BCUT2D eigenvalue weighted by Crippen LogP contribution is 2.26. The highest BCUT2D eigenvalue weighted by molar-refractivity contribution is 7.84. The van der Waals surface area contributed by atoms with Crippen molar-refractivity contribution in [2.45, 2.75) is 10.6 Å². The maximum absolute atomic E-state index is 13.5. The number of rotatable bonds is 4. The minimum absolute atomic E-state index is 0.104. The summed E-state index contributed by atoms with van der Waals surface area (Å²) in [6.45, 7) is 0. The van der Waals surface area contributed by atoms with E-state index in [1.54, 1.807) is 36.4 Å². The molecule has 0 fully saturated rings. The molecular formula is C14H14FNO2S. The van der Waals surface area contributed by atoms with Gasteiger partial charge in [0, 0.05) is 17.3 Å². The largest absolute Gasteiger partial charge is 0.495 e. The molecule has 3 nitrogen and oxygen atoms in total. The molecule has 2 aromatic rings. The van der Waals surface area contributed by atoms with Crippen LogP contribution in [0.4, 0.5) is 10.1 Å². The van der Waals surface area contributed by atoms with Crippen LogP contribution in [0, 0.1) is 5.82 Å². The number of anilines is 1. The van der Waals surface area contributed by atoms with Crippen LogP contribution >= 0.6 is 0 Å². The lowest BCUT2D eigenvalue weighted by Gasteiger charge is -2.09. The van der Waals surface area contributed by atoms with Crippen LogP contribution in [0.3, 0.4) is 0 Å². The number of benzene rings is 2. The Kier molecular flexibility index (Phi) is 4.16. The third-order valence-corrected chi connectivity index (χ3v) is 4.08. The Labute approximate surface area is 113 Å². The Morgan fingerprint density at radius 2 is 2.00 bits per heavy atom. The number of hydrogen-bond acceptors (Lipinski definition) is 3. The van der Waals surface area contributed by atoms with Gasteiger partial charge in [0.1, 0.15) is 11.6 Å². The molecule has 0 bridgehead atoms. The maximum atomic E-state index is 13.5. The van der Waals surface area contributed by atoms with E-state index in [9.17, 15) is 8.60 Å². The van der Waals surface area contributed by atoms with E-state index in [1.807, 2.05) is 0 Å². The van der Waals surface area contributed by atoms with Crippen molar-refractivity contribution in [2.75, 3.05) is 12.8 Å². The number of ether oxygens (including phenoxy) is 1. The number of nitrogens with two attached hydrogens (primary N) is 1. The summed E-state index contributed by atoms with van der Waals surface area (Å²) in [6, 6.07) is 11.2. The summed E-state index contributed by atoms with van der Waals surface area (Å²) in [5, 5.41) is 0. The number of nitrogen functional groups attached to an aromatic ring is 1. The molecule has 19 heavy (non-hydrogen) atoms. The number of hydrogen-bond donors (Lipinski definition) is 1. The fourth-order valence-corrected chi connectivity index (χ4v) is 2.97. The number of methoxy groups -OCH3 is 1. The van der Waals surface area contributed by atoms with E-state index in [-0.39, 0.29) is 11.6 Å². The van der Waals surface area contributed by atoms with Gasteiger partial charge >= 0.3 is 0 Å². The first-order chi connectivity index (χ1) is 9.11. The summed E-state index contributed by atoms with van der Waals surface area (Å²) in [5.74, 6) is 0.201. The monoisotopic (exact) mass is 279 g/mol. The third kappa shape index (κ3) is 3.12. The third-order valence-electron chi connectivity index (χ3n) is 2.68. The average molecular weight is 279 g/mol. The summed E-state index contributed by atoms with van der Waals surface area (Å²) in [7, 11) is 0.0998. The van der Waals surface area contributed by atoms with Crippen molar-refractivity contribution in [3.8, 4) is 5.75 Å². The molecule has 0 radical (unpaired) electrons. The standard InChI is InChI=1S/C14H14FNO2S/c1-18-13-8-11(16)6-7-14(13)19(17)9-10-4-2-3-5-12(10)15/h2-8H,9,16H2,1H3. The van der Waals surface area contributed by atoms with Crippen molar-refractivity contribution in [2.24, 2.45) is 0 Å². The lowest BCUT2D eigenvalue weighted by atomic mass is 10.2. The second-order valence-corrected chi connectivity index (χ2v) is 5.41. The van der Waals surface area contributed by atoms with E-state index in [2.05, 4.69) is 0 Å². The highest BCUT2D eigenvalue weighted by Gasteiger charge is 2.13. The summed E-state index contributed by atoms with van der Waals surface area (Å²) < 4.78 is 31.0. The second kappa shape index (κ2) is 5.84. The molecule has 2 rings (SSSR count). The molecule has 1 unspecified atom stereocenters. The Bertz CT molecular complexity index is 616. The molecule has 0 heterocycles. The van der Waals surface area contributed by atoms with Crippen LogP contribution in [0.1, 0.15) is 5.56 Å². The van der Waals surface area contributed by atoms with Gasteiger partial charge in [-0.2, -0.15) is 0 Å². The second-order valence-electron chi connectivity index (χ2n) is 3.99. The topological polar surface area (TPSA) is 52.3 Å². The molecule has 0 spiro atoms. The molecule has 0 aliphatic heterocycles. The van der Waals surface area contributed by atoms with Gasteiger partial charge in [-0.1, -0.05) is 18.2 Å². The zero-order chi connectivity index (χ0) is 13.8. The molecule has 2 aromatic carbocycles. The van der Waals surface area contributed by atoms with E-state index in [0.717, 1.165) is 0 Å².